The van der Waals surface area contributed by atoms with Crippen LogP contribution in [0.15, 0.2) is 0 Å². The minimum absolute atomic E-state index is 0.0486. The molecule has 0 aromatic carbocycles. The van der Waals surface area contributed by atoms with E-state index in [-0.39, 0.29) is 6.16 Å². The second-order valence-corrected chi connectivity index (χ2v) is 7.51. The average Bonchev–Trinajstić information content (AvgIpc) is 2.30. The van der Waals surface area contributed by atoms with Crippen LogP contribution in [-0.2, 0) is 9.13 Å². The lowest BCUT2D eigenvalue weighted by atomic mass is 10.2. The van der Waals surface area contributed by atoms with Crippen LogP contribution in [0.25, 0.3) is 0 Å². The molecule has 0 spiro atoms. The maximum absolute atomic E-state index is 10.3. The monoisotopic (exact) mass is 315 g/mol. The number of hydrogen-bond donors (Lipinski definition) is 3. The van der Waals surface area contributed by atoms with Crippen molar-refractivity contribution >= 4 is 15.6 Å². The first kappa shape index (κ1) is 21.5. The minimum Gasteiger partial charge on any atom is -0.324 e. The smallest absolute Gasteiger partial charge is 0.324 e. The summed E-state index contributed by atoms with van der Waals surface area (Å²) in [6.07, 6.45) is 8.65. The third-order valence-electron chi connectivity index (χ3n) is 2.51. The lowest BCUT2D eigenvalue weighted by Crippen LogP contribution is -1.87. The third kappa shape index (κ3) is 27.4. The summed E-state index contributed by atoms with van der Waals surface area (Å²) < 4.78 is 20.4. The summed E-state index contributed by atoms with van der Waals surface area (Å²) in [5.41, 5.74) is 0. The molecule has 0 saturated carbocycles. The molecular formula is C12H29O5P2+. The van der Waals surface area contributed by atoms with E-state index < -0.39 is 15.6 Å². The summed E-state index contributed by atoms with van der Waals surface area (Å²) in [6.45, 7) is 4.19. The number of rotatable bonds is 10. The zero-order valence-corrected chi connectivity index (χ0v) is 13.9. The molecule has 0 amide bonds. The molecule has 0 heterocycles. The Morgan fingerprint density at radius 3 is 1.74 bits per heavy atom. The molecular weight excluding hydrogens is 286 g/mol. The first-order valence-corrected chi connectivity index (χ1v) is 10.2. The van der Waals surface area contributed by atoms with Gasteiger partial charge < -0.3 is 9.79 Å². The zero-order chi connectivity index (χ0) is 15.1. The summed E-state index contributed by atoms with van der Waals surface area (Å²) in [6, 6.07) is 0. The van der Waals surface area contributed by atoms with E-state index in [1.807, 2.05) is 0 Å². The average molecular weight is 315 g/mol. The molecule has 0 aromatic rings. The highest BCUT2D eigenvalue weighted by atomic mass is 31.2. The second kappa shape index (κ2) is 14.6. The Bertz CT molecular complexity index is 253. The Labute approximate surface area is 117 Å². The van der Waals surface area contributed by atoms with Gasteiger partial charge in [0.15, 0.2) is 6.16 Å². The van der Waals surface area contributed by atoms with Crippen LogP contribution >= 0.6 is 15.6 Å². The van der Waals surface area contributed by atoms with Gasteiger partial charge in [0.25, 0.3) is 0 Å². The van der Waals surface area contributed by atoms with Gasteiger partial charge in [-0.05, 0) is 23.8 Å². The summed E-state index contributed by atoms with van der Waals surface area (Å²) in [5.74, 6) is 0. The van der Waals surface area contributed by atoms with E-state index in [1.54, 1.807) is 0 Å². The van der Waals surface area contributed by atoms with Crippen LogP contribution < -0.4 is 0 Å². The van der Waals surface area contributed by atoms with Crippen LogP contribution in [0.2, 0.25) is 0 Å². The van der Waals surface area contributed by atoms with Gasteiger partial charge in [0, 0.05) is 6.16 Å². The molecule has 3 N–H and O–H groups in total. The predicted molar refractivity (Wildman–Crippen MR) is 79.9 cm³/mol. The Hall–Kier alpha value is 0.210. The van der Waals surface area contributed by atoms with Gasteiger partial charge in [-0.3, -0.25) is 4.57 Å². The van der Waals surface area contributed by atoms with E-state index in [0.29, 0.717) is 12.6 Å². The SMILES string of the molecule is CCCCCCP(=O)(O)O.CCCCCC[P+](=O)O. The van der Waals surface area contributed by atoms with E-state index in [4.69, 9.17) is 14.7 Å². The highest BCUT2D eigenvalue weighted by Gasteiger charge is 2.10. The second-order valence-electron chi connectivity index (χ2n) is 4.59. The maximum Gasteiger partial charge on any atom is 0.505 e. The molecule has 0 aliphatic heterocycles. The molecule has 0 rings (SSSR count). The summed E-state index contributed by atoms with van der Waals surface area (Å²) in [7, 11) is -5.57. The van der Waals surface area contributed by atoms with Crippen LogP contribution in [0.5, 0.6) is 0 Å². The van der Waals surface area contributed by atoms with Crippen molar-refractivity contribution in [1.82, 2.24) is 0 Å². The minimum atomic E-state index is -3.71. The zero-order valence-electron chi connectivity index (χ0n) is 12.1. The van der Waals surface area contributed by atoms with E-state index >= 15 is 0 Å². The molecule has 5 nitrogen and oxygen atoms in total. The standard InChI is InChI=1S/C6H15O3P.C6H13O2P/c1-2-3-4-5-6-10(7,8)9;1-2-3-4-5-6-9(7)8/h2-6H2,1H3,(H2,7,8,9);2-6H2,1H3/p+1. The normalized spacial score (nSPS) is 11.7. The molecule has 0 fully saturated rings. The van der Waals surface area contributed by atoms with Gasteiger partial charge in [0.05, 0.1) is 0 Å². The molecule has 1 atom stereocenters. The molecule has 19 heavy (non-hydrogen) atoms. The van der Waals surface area contributed by atoms with Crippen LogP contribution in [0.3, 0.4) is 0 Å². The molecule has 0 aliphatic rings. The largest absolute Gasteiger partial charge is 0.505 e. The fourth-order valence-electron chi connectivity index (χ4n) is 1.42. The molecule has 0 saturated heterocycles. The van der Waals surface area contributed by atoms with Crippen molar-refractivity contribution in [1.29, 1.82) is 0 Å². The lowest BCUT2D eigenvalue weighted by molar-refractivity contribution is 0.370. The van der Waals surface area contributed by atoms with Crippen molar-refractivity contribution in [3.63, 3.8) is 0 Å². The Kier molecular flexibility index (Phi) is 16.5. The van der Waals surface area contributed by atoms with Gasteiger partial charge in [-0.15, -0.1) is 0 Å². The molecule has 1 unspecified atom stereocenters. The quantitative estimate of drug-likeness (QED) is 0.417. The van der Waals surface area contributed by atoms with Gasteiger partial charge in [0.2, 0.25) is 0 Å². The number of unbranched alkanes of at least 4 members (excludes halogenated alkanes) is 6. The summed E-state index contributed by atoms with van der Waals surface area (Å²) >= 11 is 0. The van der Waals surface area contributed by atoms with Crippen molar-refractivity contribution in [2.24, 2.45) is 0 Å². The molecule has 116 valence electrons. The first-order valence-electron chi connectivity index (χ1n) is 7.01. The van der Waals surface area contributed by atoms with Crippen molar-refractivity contribution in [2.45, 2.75) is 65.2 Å². The van der Waals surface area contributed by atoms with Gasteiger partial charge in [-0.2, -0.15) is 4.89 Å². The fraction of sp³-hybridized carbons (Fsp3) is 1.00. The number of hydrogen-bond acceptors (Lipinski definition) is 2. The van der Waals surface area contributed by atoms with Gasteiger partial charge in [0.1, 0.15) is 0 Å². The Balaban J connectivity index is 0. The molecule has 7 heteroatoms. The van der Waals surface area contributed by atoms with E-state index in [0.717, 1.165) is 32.1 Å². The van der Waals surface area contributed by atoms with Crippen LogP contribution in [0.1, 0.15) is 65.2 Å². The van der Waals surface area contributed by atoms with Crippen LogP contribution in [0.4, 0.5) is 0 Å². The maximum atomic E-state index is 10.3. The summed E-state index contributed by atoms with van der Waals surface area (Å²) in [5, 5.41) is 0. The fourth-order valence-corrected chi connectivity index (χ4v) is 2.55. The van der Waals surface area contributed by atoms with Gasteiger partial charge >= 0.3 is 15.6 Å². The molecule has 0 bridgehead atoms. The molecule has 0 radical (unpaired) electrons. The molecule has 0 aliphatic carbocycles. The topological polar surface area (TPSA) is 94.8 Å². The highest BCUT2D eigenvalue weighted by Crippen LogP contribution is 2.35. The van der Waals surface area contributed by atoms with E-state index in [1.165, 1.54) is 12.8 Å². The predicted octanol–water partition coefficient (Wildman–Crippen LogP) is 4.05. The third-order valence-corrected chi connectivity index (χ3v) is 4.10. The van der Waals surface area contributed by atoms with Crippen molar-refractivity contribution < 1.29 is 23.8 Å². The van der Waals surface area contributed by atoms with E-state index in [2.05, 4.69) is 13.8 Å². The van der Waals surface area contributed by atoms with Gasteiger partial charge in [-0.1, -0.05) is 46.0 Å². The van der Waals surface area contributed by atoms with Crippen LogP contribution in [0, 0.1) is 0 Å². The van der Waals surface area contributed by atoms with Crippen molar-refractivity contribution in [2.75, 3.05) is 12.3 Å². The van der Waals surface area contributed by atoms with Crippen molar-refractivity contribution in [3.05, 3.63) is 0 Å². The van der Waals surface area contributed by atoms with Gasteiger partial charge in [-0.25, -0.2) is 0 Å². The van der Waals surface area contributed by atoms with Crippen molar-refractivity contribution in [3.8, 4) is 0 Å². The lowest BCUT2D eigenvalue weighted by Gasteiger charge is -2.01. The Morgan fingerprint density at radius 1 is 0.895 bits per heavy atom. The van der Waals surface area contributed by atoms with E-state index in [9.17, 15) is 9.13 Å². The first-order chi connectivity index (χ1) is 8.83. The summed E-state index contributed by atoms with van der Waals surface area (Å²) in [4.78, 5) is 25.2. The van der Waals surface area contributed by atoms with Crippen LogP contribution in [-0.4, -0.2) is 27.0 Å². The highest BCUT2D eigenvalue weighted by molar-refractivity contribution is 7.51. The Morgan fingerprint density at radius 2 is 1.37 bits per heavy atom. The molecule has 0 aromatic heterocycles.